The summed E-state index contributed by atoms with van der Waals surface area (Å²) in [6.07, 6.45) is 12.5. The summed E-state index contributed by atoms with van der Waals surface area (Å²) in [5.74, 6) is 0.893. The lowest BCUT2D eigenvalue weighted by molar-refractivity contribution is -0.143. The summed E-state index contributed by atoms with van der Waals surface area (Å²) in [7, 11) is 0. The summed E-state index contributed by atoms with van der Waals surface area (Å²) in [6.45, 7) is 11.6. The zero-order valence-electron chi connectivity index (χ0n) is 36.7. The number of carbonyl (C=O) groups excluding carboxylic acids is 4. The fraction of sp³-hybridized carbons (Fsp3) is 0.500. The van der Waals surface area contributed by atoms with Crippen LogP contribution in [0.25, 0.3) is 10.4 Å². The van der Waals surface area contributed by atoms with Crippen LogP contribution in [-0.4, -0.2) is 70.3 Å². The number of carbonyl (C=O) groups is 4. The molecule has 332 valence electrons. The zero-order valence-corrected chi connectivity index (χ0v) is 38.3. The SMILES string of the molecule is Cc1cncc(Cl)c1NC(=O)c1ccc(OCC2CC2)c(OCCCCCCCCC(=O)NC(C(=O)N2CCCC2C(=O)NCc2ccc(-c3scnc3C)cc2)C(C)(C)C)c1. The number of nitrogens with one attached hydrogen (secondary N) is 3. The number of hydrogen-bond acceptors (Lipinski definition) is 9. The zero-order chi connectivity index (χ0) is 44.2. The molecule has 0 bridgehead atoms. The topological polar surface area (TPSA) is 152 Å². The number of benzene rings is 2. The number of nitrogens with zero attached hydrogens (tertiary/aromatic N) is 3. The van der Waals surface area contributed by atoms with E-state index in [1.807, 2.05) is 64.4 Å². The molecule has 1 saturated heterocycles. The summed E-state index contributed by atoms with van der Waals surface area (Å²) in [4.78, 5) is 65.0. The van der Waals surface area contributed by atoms with Gasteiger partial charge in [-0.3, -0.25) is 24.2 Å². The molecule has 2 aliphatic rings. The first-order chi connectivity index (χ1) is 29.8. The quantitative estimate of drug-likeness (QED) is 0.0701. The third-order valence-electron chi connectivity index (χ3n) is 11.4. The van der Waals surface area contributed by atoms with Crippen LogP contribution in [0.15, 0.2) is 60.4 Å². The molecule has 12 nitrogen and oxygen atoms in total. The fourth-order valence-electron chi connectivity index (χ4n) is 7.54. The van der Waals surface area contributed by atoms with Crippen LogP contribution >= 0.6 is 22.9 Å². The van der Waals surface area contributed by atoms with Crippen molar-refractivity contribution in [3.8, 4) is 21.9 Å². The minimum Gasteiger partial charge on any atom is -0.490 e. The second-order valence-electron chi connectivity index (χ2n) is 17.6. The minimum absolute atomic E-state index is 0.154. The van der Waals surface area contributed by atoms with Crippen molar-refractivity contribution < 1.29 is 28.7 Å². The smallest absolute Gasteiger partial charge is 0.255 e. The van der Waals surface area contributed by atoms with Gasteiger partial charge in [0, 0.05) is 37.5 Å². The number of aryl methyl sites for hydroxylation is 2. The van der Waals surface area contributed by atoms with Crippen molar-refractivity contribution in [2.24, 2.45) is 11.3 Å². The van der Waals surface area contributed by atoms with Gasteiger partial charge in [-0.2, -0.15) is 0 Å². The van der Waals surface area contributed by atoms with E-state index in [0.717, 1.165) is 78.6 Å². The Balaban J connectivity index is 0.901. The van der Waals surface area contributed by atoms with Gasteiger partial charge in [-0.25, -0.2) is 4.98 Å². The molecule has 2 aromatic carbocycles. The Bertz CT molecular complexity index is 2150. The lowest BCUT2D eigenvalue weighted by Gasteiger charge is -2.35. The number of likely N-dealkylation sites (tertiary alicyclic amines) is 1. The number of anilines is 1. The van der Waals surface area contributed by atoms with E-state index in [-0.39, 0.29) is 23.6 Å². The van der Waals surface area contributed by atoms with E-state index in [1.165, 1.54) is 6.20 Å². The molecule has 1 aliphatic heterocycles. The van der Waals surface area contributed by atoms with Crippen LogP contribution in [-0.2, 0) is 20.9 Å². The molecule has 2 unspecified atom stereocenters. The van der Waals surface area contributed by atoms with Crippen molar-refractivity contribution in [3.05, 3.63) is 87.8 Å². The van der Waals surface area contributed by atoms with Gasteiger partial charge in [-0.15, -0.1) is 11.3 Å². The van der Waals surface area contributed by atoms with Gasteiger partial charge in [0.15, 0.2) is 11.5 Å². The summed E-state index contributed by atoms with van der Waals surface area (Å²) < 4.78 is 12.2. The van der Waals surface area contributed by atoms with E-state index in [9.17, 15) is 19.2 Å². The Kier molecular flexibility index (Phi) is 16.4. The molecule has 62 heavy (non-hydrogen) atoms. The molecule has 2 fully saturated rings. The van der Waals surface area contributed by atoms with E-state index in [1.54, 1.807) is 40.6 Å². The molecule has 6 rings (SSSR count). The van der Waals surface area contributed by atoms with E-state index < -0.39 is 17.5 Å². The number of hydrogen-bond donors (Lipinski definition) is 3. The number of thiazole rings is 1. The summed E-state index contributed by atoms with van der Waals surface area (Å²) in [6, 6.07) is 12.0. The molecule has 3 N–H and O–H groups in total. The Morgan fingerprint density at radius 2 is 1.66 bits per heavy atom. The number of ether oxygens (including phenoxy) is 2. The largest absolute Gasteiger partial charge is 0.490 e. The molecule has 1 saturated carbocycles. The van der Waals surface area contributed by atoms with Gasteiger partial charge in [0.05, 0.1) is 40.0 Å². The van der Waals surface area contributed by atoms with Gasteiger partial charge in [-0.05, 0) is 98.6 Å². The van der Waals surface area contributed by atoms with Gasteiger partial charge in [0.2, 0.25) is 17.7 Å². The van der Waals surface area contributed by atoms with Gasteiger partial charge in [0.1, 0.15) is 12.1 Å². The first kappa shape index (κ1) is 46.5. The van der Waals surface area contributed by atoms with Crippen molar-refractivity contribution >= 4 is 52.3 Å². The van der Waals surface area contributed by atoms with Crippen molar-refractivity contribution in [3.63, 3.8) is 0 Å². The van der Waals surface area contributed by atoms with E-state index >= 15 is 0 Å². The van der Waals surface area contributed by atoms with Crippen molar-refractivity contribution in [2.45, 2.75) is 124 Å². The monoisotopic (exact) mass is 884 g/mol. The molecular formula is C48H61ClN6O6S. The van der Waals surface area contributed by atoms with Gasteiger partial charge in [-0.1, -0.05) is 82.3 Å². The average molecular weight is 886 g/mol. The summed E-state index contributed by atoms with van der Waals surface area (Å²) in [5, 5.41) is 9.34. The molecule has 1 aliphatic carbocycles. The van der Waals surface area contributed by atoms with Crippen LogP contribution < -0.4 is 25.4 Å². The summed E-state index contributed by atoms with van der Waals surface area (Å²) in [5.41, 5.74) is 6.10. The van der Waals surface area contributed by atoms with Crippen molar-refractivity contribution in [1.82, 2.24) is 25.5 Å². The van der Waals surface area contributed by atoms with Crippen molar-refractivity contribution in [2.75, 3.05) is 25.1 Å². The highest BCUT2D eigenvalue weighted by molar-refractivity contribution is 7.13. The van der Waals surface area contributed by atoms with Crippen LogP contribution in [0.2, 0.25) is 5.02 Å². The van der Waals surface area contributed by atoms with Gasteiger partial charge < -0.3 is 30.3 Å². The normalized spacial score (nSPS) is 15.5. The molecule has 4 aromatic rings. The molecule has 3 heterocycles. The second kappa shape index (κ2) is 21.9. The number of unbranched alkanes of at least 4 members (excludes halogenated alkanes) is 5. The molecule has 0 spiro atoms. The highest BCUT2D eigenvalue weighted by Crippen LogP contribution is 2.35. The molecule has 2 aromatic heterocycles. The Labute approximate surface area is 374 Å². The molecule has 4 amide bonds. The lowest BCUT2D eigenvalue weighted by atomic mass is 9.85. The van der Waals surface area contributed by atoms with E-state index in [4.69, 9.17) is 21.1 Å². The second-order valence-corrected chi connectivity index (χ2v) is 18.9. The molecule has 0 radical (unpaired) electrons. The third-order valence-corrected chi connectivity index (χ3v) is 12.7. The molecule has 2 atom stereocenters. The highest BCUT2D eigenvalue weighted by atomic mass is 35.5. The van der Waals surface area contributed by atoms with Crippen LogP contribution in [0.3, 0.4) is 0 Å². The number of halogens is 1. The first-order valence-corrected chi connectivity index (χ1v) is 23.2. The lowest BCUT2D eigenvalue weighted by Crippen LogP contribution is -2.57. The van der Waals surface area contributed by atoms with Crippen LogP contribution in [0.5, 0.6) is 11.5 Å². The first-order valence-electron chi connectivity index (χ1n) is 22.0. The van der Waals surface area contributed by atoms with Gasteiger partial charge in [0.25, 0.3) is 5.91 Å². The maximum absolute atomic E-state index is 14.0. The number of pyridine rings is 1. The standard InChI is InChI=1S/C48H61ClN6O6S/c1-31-26-50-28-37(49)42(31)54-45(57)36-21-22-39(61-29-34-15-16-34)40(25-36)60-24-11-9-7-6-8-10-14-41(56)53-44(48(3,4)5)47(59)55-23-12-13-38(55)46(58)51-27-33-17-19-35(20-18-33)43-32(2)52-30-62-43/h17-22,25-26,28,30,34,38,44H,6-16,23-24,27,29H2,1-5H3,(H,51,58)(H,53,56)(H,50,54,57). The maximum Gasteiger partial charge on any atom is 0.255 e. The highest BCUT2D eigenvalue weighted by Gasteiger charge is 2.41. The number of aromatic nitrogens is 2. The fourth-order valence-corrected chi connectivity index (χ4v) is 8.60. The van der Waals surface area contributed by atoms with Crippen LogP contribution in [0, 0.1) is 25.2 Å². The van der Waals surface area contributed by atoms with E-state index in [0.29, 0.717) is 79.3 Å². The summed E-state index contributed by atoms with van der Waals surface area (Å²) >= 11 is 7.90. The van der Waals surface area contributed by atoms with Crippen molar-refractivity contribution in [1.29, 1.82) is 0 Å². The number of rotatable bonds is 21. The maximum atomic E-state index is 14.0. The van der Waals surface area contributed by atoms with Crippen LogP contribution in [0.1, 0.15) is 119 Å². The minimum atomic E-state index is -0.745. The van der Waals surface area contributed by atoms with Crippen LogP contribution in [0.4, 0.5) is 5.69 Å². The number of amides is 4. The Hall–Kier alpha value is -5.01. The van der Waals surface area contributed by atoms with Gasteiger partial charge >= 0.3 is 0 Å². The third kappa shape index (κ3) is 13.0. The predicted octanol–water partition coefficient (Wildman–Crippen LogP) is 9.46. The van der Waals surface area contributed by atoms with E-state index in [2.05, 4.69) is 25.9 Å². The predicted molar refractivity (Wildman–Crippen MR) is 245 cm³/mol. The Morgan fingerprint density at radius 1 is 0.919 bits per heavy atom. The molecular weight excluding hydrogens is 824 g/mol. The Morgan fingerprint density at radius 3 is 2.35 bits per heavy atom. The molecule has 14 heteroatoms. The average Bonchev–Trinajstić information content (AvgIpc) is 3.76.